The Bertz CT molecular complexity index is 1440. The number of hydrogen-bond donors (Lipinski definition) is 1. The molecule has 10 heteroatoms. The highest BCUT2D eigenvalue weighted by Crippen LogP contribution is 2.26. The molecule has 4 rings (SSSR count). The predicted octanol–water partition coefficient (Wildman–Crippen LogP) is 4.04. The Morgan fingerprint density at radius 1 is 1.13 bits per heavy atom. The van der Waals surface area contributed by atoms with Crippen molar-refractivity contribution in [2.45, 2.75) is 30.7 Å². The topological polar surface area (TPSA) is 106 Å². The zero-order valence-corrected chi connectivity index (χ0v) is 22.6. The number of benzene rings is 2. The van der Waals surface area contributed by atoms with Crippen molar-refractivity contribution in [3.63, 3.8) is 0 Å². The summed E-state index contributed by atoms with van der Waals surface area (Å²) in [6.07, 6.45) is 5.61. The molecule has 0 spiro atoms. The summed E-state index contributed by atoms with van der Waals surface area (Å²) in [4.78, 5) is 29.4. The lowest BCUT2D eigenvalue weighted by Crippen LogP contribution is -2.43. The number of ether oxygens (including phenoxy) is 1. The lowest BCUT2D eigenvalue weighted by molar-refractivity contribution is -0.142. The number of esters is 1. The number of hydrogen-bond acceptors (Lipinski definition) is 6. The van der Waals surface area contributed by atoms with Gasteiger partial charge in [0, 0.05) is 31.9 Å². The summed E-state index contributed by atoms with van der Waals surface area (Å²) in [5, 5.41) is 3.06. The minimum atomic E-state index is -3.59. The Morgan fingerprint density at radius 2 is 1.89 bits per heavy atom. The lowest BCUT2D eigenvalue weighted by Gasteiger charge is -2.26. The highest BCUT2D eigenvalue weighted by Gasteiger charge is 2.27. The summed E-state index contributed by atoms with van der Waals surface area (Å²) in [5.41, 5.74) is 3.87. The van der Waals surface area contributed by atoms with Crippen LogP contribution in [0.25, 0.3) is 5.57 Å². The summed E-state index contributed by atoms with van der Waals surface area (Å²) in [7, 11) is -2.32. The van der Waals surface area contributed by atoms with E-state index < -0.39 is 27.9 Å². The molecule has 1 N–H and O–H groups in total. The maximum atomic E-state index is 12.9. The number of aryl methyl sites for hydroxylation is 1. The van der Waals surface area contributed by atoms with Crippen LogP contribution < -0.4 is 5.32 Å². The average molecular weight is 554 g/mol. The van der Waals surface area contributed by atoms with Crippen LogP contribution in [0, 0.1) is 6.92 Å². The van der Waals surface area contributed by atoms with E-state index in [4.69, 9.17) is 16.3 Å². The van der Waals surface area contributed by atoms with Crippen molar-refractivity contribution in [2.24, 2.45) is 0 Å². The number of pyridine rings is 1. The second kappa shape index (κ2) is 11.9. The van der Waals surface area contributed by atoms with Gasteiger partial charge in [-0.25, -0.2) is 13.2 Å². The second-order valence-corrected chi connectivity index (χ2v) is 11.3. The molecule has 38 heavy (non-hydrogen) atoms. The van der Waals surface area contributed by atoms with Crippen LogP contribution in [0.3, 0.4) is 0 Å². The van der Waals surface area contributed by atoms with Crippen molar-refractivity contribution in [2.75, 3.05) is 20.2 Å². The molecule has 0 saturated carbocycles. The minimum absolute atomic E-state index is 0.179. The third-order valence-corrected chi connectivity index (χ3v) is 8.61. The van der Waals surface area contributed by atoms with Crippen molar-refractivity contribution in [3.8, 4) is 0 Å². The number of nitrogens with zero attached hydrogens (tertiary/aromatic N) is 2. The van der Waals surface area contributed by atoms with E-state index in [1.807, 2.05) is 30.3 Å². The highest BCUT2D eigenvalue weighted by atomic mass is 35.5. The maximum absolute atomic E-state index is 12.9. The Balaban J connectivity index is 1.44. The number of methoxy groups -OCH3 is 1. The van der Waals surface area contributed by atoms with Crippen LogP contribution in [0.1, 0.15) is 33.5 Å². The first-order valence-corrected chi connectivity index (χ1v) is 13.8. The number of carbonyl (C=O) groups is 2. The van der Waals surface area contributed by atoms with Crippen molar-refractivity contribution in [3.05, 3.63) is 100 Å². The molecular weight excluding hydrogens is 526 g/mol. The molecule has 1 aliphatic heterocycles. The lowest BCUT2D eigenvalue weighted by atomic mass is 9.97. The van der Waals surface area contributed by atoms with Crippen LogP contribution in [0.2, 0.25) is 5.02 Å². The SMILES string of the molecule is COC(=O)[C@H](Cc1ccc(C2=CCN(S(=O)(=O)c3cccnc3)CC2)cc1)NC(=O)c1c(C)cccc1Cl. The van der Waals surface area contributed by atoms with E-state index in [-0.39, 0.29) is 17.9 Å². The van der Waals surface area contributed by atoms with Gasteiger partial charge in [0.2, 0.25) is 10.0 Å². The highest BCUT2D eigenvalue weighted by molar-refractivity contribution is 7.89. The van der Waals surface area contributed by atoms with Gasteiger partial charge in [0.1, 0.15) is 10.9 Å². The number of halogens is 1. The van der Waals surface area contributed by atoms with Gasteiger partial charge in [0.05, 0.1) is 17.7 Å². The monoisotopic (exact) mass is 553 g/mol. The van der Waals surface area contributed by atoms with Crippen molar-refractivity contribution in [1.29, 1.82) is 0 Å². The third kappa shape index (κ3) is 6.12. The molecule has 2 heterocycles. The van der Waals surface area contributed by atoms with Crippen molar-refractivity contribution in [1.82, 2.24) is 14.6 Å². The molecule has 3 aromatic rings. The van der Waals surface area contributed by atoms with E-state index in [0.29, 0.717) is 29.1 Å². The molecule has 0 unspecified atom stereocenters. The van der Waals surface area contributed by atoms with Gasteiger partial charge in [-0.05, 0) is 53.8 Å². The predicted molar refractivity (Wildman–Crippen MR) is 145 cm³/mol. The van der Waals surface area contributed by atoms with Crippen LogP contribution >= 0.6 is 11.6 Å². The zero-order valence-electron chi connectivity index (χ0n) is 21.1. The van der Waals surface area contributed by atoms with Gasteiger partial charge in [0.25, 0.3) is 5.91 Å². The average Bonchev–Trinajstić information content (AvgIpc) is 2.93. The Morgan fingerprint density at radius 3 is 2.50 bits per heavy atom. The second-order valence-electron chi connectivity index (χ2n) is 8.91. The van der Waals surface area contributed by atoms with E-state index in [0.717, 1.165) is 16.7 Å². The van der Waals surface area contributed by atoms with E-state index >= 15 is 0 Å². The molecule has 1 amide bonds. The summed E-state index contributed by atoms with van der Waals surface area (Å²) >= 11 is 6.22. The van der Waals surface area contributed by atoms with Crippen LogP contribution in [0.4, 0.5) is 0 Å². The fourth-order valence-corrected chi connectivity index (χ4v) is 6.01. The largest absolute Gasteiger partial charge is 0.467 e. The molecule has 8 nitrogen and oxygen atoms in total. The molecule has 0 fully saturated rings. The quantitative estimate of drug-likeness (QED) is 0.422. The number of carbonyl (C=O) groups excluding carboxylic acids is 2. The first kappa shape index (κ1) is 27.5. The molecule has 1 aliphatic rings. The smallest absolute Gasteiger partial charge is 0.328 e. The van der Waals surface area contributed by atoms with Gasteiger partial charge in [-0.15, -0.1) is 0 Å². The van der Waals surface area contributed by atoms with Crippen molar-refractivity contribution >= 4 is 39.1 Å². The van der Waals surface area contributed by atoms with Gasteiger partial charge in [-0.3, -0.25) is 9.78 Å². The molecule has 0 saturated heterocycles. The van der Waals surface area contributed by atoms with Gasteiger partial charge in [-0.2, -0.15) is 4.31 Å². The van der Waals surface area contributed by atoms with Gasteiger partial charge in [0.15, 0.2) is 0 Å². The summed E-state index contributed by atoms with van der Waals surface area (Å²) < 4.78 is 32.0. The minimum Gasteiger partial charge on any atom is -0.467 e. The number of amides is 1. The Kier molecular flexibility index (Phi) is 8.61. The van der Waals surface area contributed by atoms with E-state index in [1.54, 1.807) is 37.3 Å². The fraction of sp³-hybridized carbons (Fsp3) is 0.250. The van der Waals surface area contributed by atoms with Crippen LogP contribution in [0.15, 0.2) is 78.0 Å². The molecule has 198 valence electrons. The number of aromatic nitrogens is 1. The van der Waals surface area contributed by atoms with Crippen LogP contribution in [-0.4, -0.2) is 55.8 Å². The number of rotatable bonds is 8. The molecule has 0 bridgehead atoms. The number of sulfonamides is 1. The number of nitrogens with one attached hydrogen (secondary N) is 1. The van der Waals surface area contributed by atoms with E-state index in [9.17, 15) is 18.0 Å². The Hall–Kier alpha value is -3.53. The van der Waals surface area contributed by atoms with Gasteiger partial charge in [-0.1, -0.05) is 54.1 Å². The Labute approximate surface area is 227 Å². The summed E-state index contributed by atoms with van der Waals surface area (Å²) in [6.45, 7) is 2.41. The molecule has 1 atom stereocenters. The first-order chi connectivity index (χ1) is 18.2. The van der Waals surface area contributed by atoms with Crippen LogP contribution in [-0.2, 0) is 26.0 Å². The molecule has 0 radical (unpaired) electrons. The first-order valence-electron chi connectivity index (χ1n) is 12.0. The molecule has 0 aliphatic carbocycles. The zero-order chi connectivity index (χ0) is 27.3. The van der Waals surface area contributed by atoms with Crippen molar-refractivity contribution < 1.29 is 22.7 Å². The van der Waals surface area contributed by atoms with Gasteiger partial charge >= 0.3 is 5.97 Å². The summed E-state index contributed by atoms with van der Waals surface area (Å²) in [6, 6.07) is 15.1. The maximum Gasteiger partial charge on any atom is 0.328 e. The molecular formula is C28H28ClN3O5S. The van der Waals surface area contributed by atoms with E-state index in [1.165, 1.54) is 23.8 Å². The van der Waals surface area contributed by atoms with Crippen LogP contribution in [0.5, 0.6) is 0 Å². The summed E-state index contributed by atoms with van der Waals surface area (Å²) in [5.74, 6) is -1.00. The standard InChI is InChI=1S/C28H28ClN3O5S/c1-19-5-3-7-24(29)26(19)27(33)31-25(28(34)37-2)17-20-8-10-21(11-9-20)22-12-15-32(16-13-22)38(35,36)23-6-4-14-30-18-23/h3-12,14,18,25H,13,15-17H2,1-2H3,(H,31,33)/t25-/m0/s1. The normalized spacial score (nSPS) is 14.9. The van der Waals surface area contributed by atoms with Gasteiger partial charge < -0.3 is 10.1 Å². The molecule has 2 aromatic carbocycles. The van der Waals surface area contributed by atoms with E-state index in [2.05, 4.69) is 10.3 Å². The third-order valence-electron chi connectivity index (χ3n) is 6.45. The fourth-order valence-electron chi connectivity index (χ4n) is 4.36. The molecule has 1 aromatic heterocycles.